The highest BCUT2D eigenvalue weighted by atomic mass is 16.4. The van der Waals surface area contributed by atoms with Gasteiger partial charge in [0.25, 0.3) is 0 Å². The second-order valence-electron chi connectivity index (χ2n) is 3.63. The zero-order valence-corrected chi connectivity index (χ0v) is 8.88. The fourth-order valence-corrected chi connectivity index (χ4v) is 1.62. The summed E-state index contributed by atoms with van der Waals surface area (Å²) in [5.41, 5.74) is 0.405. The molecule has 82 valence electrons. The van der Waals surface area contributed by atoms with E-state index in [1.54, 1.807) is 18.3 Å². The predicted molar refractivity (Wildman–Crippen MR) is 55.9 cm³/mol. The van der Waals surface area contributed by atoms with Crippen LogP contribution in [0.4, 0.5) is 0 Å². The monoisotopic (exact) mass is 209 g/mol. The summed E-state index contributed by atoms with van der Waals surface area (Å²) in [4.78, 5) is 21.8. The number of carboxylic acid groups (broad SMARTS) is 1. The number of hydrogen-bond donors (Lipinski definition) is 1. The number of hydrogen-bond acceptors (Lipinski definition) is 2. The normalized spacial score (nSPS) is 14.5. The molecule has 0 aliphatic rings. The van der Waals surface area contributed by atoms with Crippen LogP contribution in [0.3, 0.4) is 0 Å². The average Bonchev–Trinajstić information content (AvgIpc) is 2.65. The first-order valence-electron chi connectivity index (χ1n) is 4.96. The lowest BCUT2D eigenvalue weighted by atomic mass is 9.99. The molecule has 2 atom stereocenters. The Morgan fingerprint density at radius 1 is 1.67 bits per heavy atom. The van der Waals surface area contributed by atoms with E-state index >= 15 is 0 Å². The van der Waals surface area contributed by atoms with Crippen molar-refractivity contribution < 1.29 is 14.7 Å². The molecule has 0 aliphatic heterocycles. The Kier molecular flexibility index (Phi) is 3.66. The Balaban J connectivity index is 3.09. The number of aldehydes is 1. The molecule has 0 radical (unpaired) electrons. The van der Waals surface area contributed by atoms with Crippen LogP contribution in [0, 0.1) is 5.92 Å². The fourth-order valence-electron chi connectivity index (χ4n) is 1.62. The van der Waals surface area contributed by atoms with E-state index in [-0.39, 0.29) is 5.92 Å². The van der Waals surface area contributed by atoms with Crippen LogP contribution in [0.1, 0.15) is 36.8 Å². The van der Waals surface area contributed by atoms with E-state index in [0.717, 1.165) is 6.42 Å². The van der Waals surface area contributed by atoms with Gasteiger partial charge in [-0.25, -0.2) is 4.79 Å². The maximum absolute atomic E-state index is 11.1. The van der Waals surface area contributed by atoms with Crippen molar-refractivity contribution in [2.45, 2.75) is 26.3 Å². The molecule has 1 N–H and O–H groups in total. The smallest absolute Gasteiger partial charge is 0.326 e. The van der Waals surface area contributed by atoms with Crippen LogP contribution in [0.25, 0.3) is 0 Å². The minimum atomic E-state index is -0.899. The van der Waals surface area contributed by atoms with Crippen LogP contribution >= 0.6 is 0 Å². The van der Waals surface area contributed by atoms with Gasteiger partial charge in [-0.1, -0.05) is 20.3 Å². The molecule has 4 nitrogen and oxygen atoms in total. The number of carbonyl (C=O) groups is 2. The molecular weight excluding hydrogens is 194 g/mol. The molecule has 0 unspecified atom stereocenters. The van der Waals surface area contributed by atoms with Crippen molar-refractivity contribution in [3.8, 4) is 0 Å². The van der Waals surface area contributed by atoms with Crippen LogP contribution in [-0.2, 0) is 4.79 Å². The predicted octanol–water partition coefficient (Wildman–Crippen LogP) is 1.97. The van der Waals surface area contributed by atoms with E-state index < -0.39 is 12.0 Å². The fraction of sp³-hybridized carbons (Fsp3) is 0.455. The van der Waals surface area contributed by atoms with E-state index in [1.807, 2.05) is 13.8 Å². The number of aromatic nitrogens is 1. The highest BCUT2D eigenvalue weighted by Crippen LogP contribution is 2.23. The Morgan fingerprint density at radius 2 is 2.33 bits per heavy atom. The summed E-state index contributed by atoms with van der Waals surface area (Å²) in [6, 6.07) is 2.64. The van der Waals surface area contributed by atoms with Gasteiger partial charge in [-0.2, -0.15) is 0 Å². The van der Waals surface area contributed by atoms with Crippen LogP contribution in [0.2, 0.25) is 0 Å². The summed E-state index contributed by atoms with van der Waals surface area (Å²) in [5, 5.41) is 9.13. The molecule has 0 aliphatic carbocycles. The second kappa shape index (κ2) is 4.77. The van der Waals surface area contributed by atoms with E-state index in [0.29, 0.717) is 12.0 Å². The lowest BCUT2D eigenvalue weighted by molar-refractivity contribution is -0.142. The molecule has 0 aromatic carbocycles. The largest absolute Gasteiger partial charge is 0.480 e. The third-order valence-electron chi connectivity index (χ3n) is 2.67. The summed E-state index contributed by atoms with van der Waals surface area (Å²) in [5.74, 6) is -0.905. The third-order valence-corrected chi connectivity index (χ3v) is 2.67. The Bertz CT molecular complexity index is 356. The molecule has 0 amide bonds. The van der Waals surface area contributed by atoms with Crippen LogP contribution in [0.5, 0.6) is 0 Å². The highest BCUT2D eigenvalue weighted by molar-refractivity contribution is 5.77. The maximum atomic E-state index is 11.1. The molecule has 1 aromatic heterocycles. The summed E-state index contributed by atoms with van der Waals surface area (Å²) in [7, 11) is 0. The van der Waals surface area contributed by atoms with Gasteiger partial charge >= 0.3 is 5.97 Å². The summed E-state index contributed by atoms with van der Waals surface area (Å²) in [6.45, 7) is 3.80. The molecule has 4 heteroatoms. The van der Waals surface area contributed by atoms with Gasteiger partial charge in [0, 0.05) is 6.20 Å². The van der Waals surface area contributed by atoms with Gasteiger partial charge in [0.05, 0.1) is 5.69 Å². The zero-order chi connectivity index (χ0) is 11.4. The van der Waals surface area contributed by atoms with Gasteiger partial charge in [-0.05, 0) is 18.1 Å². The minimum Gasteiger partial charge on any atom is -0.480 e. The van der Waals surface area contributed by atoms with Crippen molar-refractivity contribution in [1.29, 1.82) is 0 Å². The molecular formula is C11H15NO3. The van der Waals surface area contributed by atoms with Gasteiger partial charge < -0.3 is 9.67 Å². The van der Waals surface area contributed by atoms with E-state index in [4.69, 9.17) is 5.11 Å². The molecule has 0 saturated heterocycles. The Morgan fingerprint density at radius 3 is 2.80 bits per heavy atom. The van der Waals surface area contributed by atoms with Crippen LogP contribution in [0.15, 0.2) is 18.3 Å². The summed E-state index contributed by atoms with van der Waals surface area (Å²) >= 11 is 0. The molecule has 1 heterocycles. The van der Waals surface area contributed by atoms with E-state index in [2.05, 4.69) is 0 Å². The molecule has 0 saturated carbocycles. The van der Waals surface area contributed by atoms with Gasteiger partial charge in [-0.3, -0.25) is 4.79 Å². The molecule has 0 spiro atoms. The first-order chi connectivity index (χ1) is 7.11. The SMILES string of the molecule is CC[C@@H](C)[C@@H](C(=O)O)n1cccc1C=O. The second-order valence-corrected chi connectivity index (χ2v) is 3.63. The Labute approximate surface area is 88.5 Å². The highest BCUT2D eigenvalue weighted by Gasteiger charge is 2.26. The van der Waals surface area contributed by atoms with Crippen molar-refractivity contribution >= 4 is 12.3 Å². The van der Waals surface area contributed by atoms with Crippen LogP contribution in [-0.4, -0.2) is 21.9 Å². The number of nitrogens with zero attached hydrogens (tertiary/aromatic N) is 1. The van der Waals surface area contributed by atoms with Crippen molar-refractivity contribution in [2.24, 2.45) is 5.92 Å². The first kappa shape index (κ1) is 11.5. The lowest BCUT2D eigenvalue weighted by Crippen LogP contribution is -2.26. The van der Waals surface area contributed by atoms with Crippen molar-refractivity contribution in [2.75, 3.05) is 0 Å². The van der Waals surface area contributed by atoms with E-state index in [9.17, 15) is 9.59 Å². The van der Waals surface area contributed by atoms with Crippen molar-refractivity contribution in [1.82, 2.24) is 4.57 Å². The third kappa shape index (κ3) is 2.26. The summed E-state index contributed by atoms with van der Waals surface area (Å²) in [6.07, 6.45) is 3.07. The summed E-state index contributed by atoms with van der Waals surface area (Å²) < 4.78 is 1.52. The molecule has 1 aromatic rings. The Hall–Kier alpha value is -1.58. The first-order valence-corrected chi connectivity index (χ1v) is 4.96. The number of rotatable bonds is 5. The molecule has 0 bridgehead atoms. The number of aliphatic carboxylic acids is 1. The molecule has 0 fully saturated rings. The van der Waals surface area contributed by atoms with Gasteiger partial charge in [-0.15, -0.1) is 0 Å². The quantitative estimate of drug-likeness (QED) is 0.754. The van der Waals surface area contributed by atoms with Crippen molar-refractivity contribution in [3.05, 3.63) is 24.0 Å². The standard InChI is InChI=1S/C11H15NO3/c1-3-8(2)10(11(14)15)12-6-4-5-9(12)7-13/h4-8,10H,3H2,1-2H3,(H,14,15)/t8-,10+/m1/s1. The minimum absolute atomic E-state index is 0.00593. The van der Waals surface area contributed by atoms with Gasteiger partial charge in [0.1, 0.15) is 6.04 Å². The number of carbonyl (C=O) groups excluding carboxylic acids is 1. The van der Waals surface area contributed by atoms with E-state index in [1.165, 1.54) is 4.57 Å². The maximum Gasteiger partial charge on any atom is 0.326 e. The zero-order valence-electron chi connectivity index (χ0n) is 8.88. The molecule has 15 heavy (non-hydrogen) atoms. The number of carboxylic acids is 1. The van der Waals surface area contributed by atoms with Crippen LogP contribution < -0.4 is 0 Å². The average molecular weight is 209 g/mol. The van der Waals surface area contributed by atoms with Gasteiger partial charge in [0.2, 0.25) is 0 Å². The lowest BCUT2D eigenvalue weighted by Gasteiger charge is -2.21. The molecule has 1 rings (SSSR count). The van der Waals surface area contributed by atoms with Crippen molar-refractivity contribution in [3.63, 3.8) is 0 Å². The van der Waals surface area contributed by atoms with Gasteiger partial charge in [0.15, 0.2) is 6.29 Å². The topological polar surface area (TPSA) is 59.3 Å².